The molecule has 2 aromatic carbocycles. The summed E-state index contributed by atoms with van der Waals surface area (Å²) >= 11 is 6.39. The molecule has 4 N–H and O–H groups in total. The van der Waals surface area contributed by atoms with Crippen molar-refractivity contribution in [3.8, 4) is 5.75 Å². The SMILES string of the molecule is CCC(=O)CCCC(=O)C[C@H](C(=O)N[C@@H](C)C(=O)CCc1ccc([C@H]2O[C@@H]2[C@@H](C)[C@@H]2C/C=C/C(=O)N[C@H](Cc3ccc(OC)c(Cl)c3)C(=O)NCC(C)(C)C(=O)N[C@@H](CC(C)(C)C)C(=O)O2)cc1)C(C)C. The van der Waals surface area contributed by atoms with Crippen molar-refractivity contribution >= 4 is 58.5 Å². The molecule has 4 rings (SSSR count). The van der Waals surface area contributed by atoms with E-state index < -0.39 is 59.3 Å². The molecular weight excluding hydrogens is 928 g/mol. The van der Waals surface area contributed by atoms with Crippen LogP contribution in [0.3, 0.4) is 0 Å². The van der Waals surface area contributed by atoms with E-state index in [0.29, 0.717) is 42.0 Å². The number of halogens is 1. The van der Waals surface area contributed by atoms with Gasteiger partial charge in [0.15, 0.2) is 5.78 Å². The third-order valence-corrected chi connectivity index (χ3v) is 13.5. The largest absolute Gasteiger partial charge is 0.495 e. The fourth-order valence-corrected chi connectivity index (χ4v) is 8.76. The lowest BCUT2D eigenvalue weighted by Crippen LogP contribution is -2.54. The molecule has 390 valence electrons. The maximum absolute atomic E-state index is 14.1. The fraction of sp³-hybridized carbons (Fsp3) is 0.600. The van der Waals surface area contributed by atoms with Gasteiger partial charge in [-0.2, -0.15) is 0 Å². The molecule has 2 aliphatic rings. The molecule has 0 bridgehead atoms. The number of ether oxygens (including phenoxy) is 3. The first kappa shape index (κ1) is 58.2. The zero-order valence-corrected chi connectivity index (χ0v) is 44.3. The molecule has 0 spiro atoms. The summed E-state index contributed by atoms with van der Waals surface area (Å²) in [6, 6.07) is 10.0. The number of rotatable bonds is 21. The zero-order valence-electron chi connectivity index (χ0n) is 43.5. The summed E-state index contributed by atoms with van der Waals surface area (Å²) in [7, 11) is 1.50. The first-order valence-electron chi connectivity index (χ1n) is 25.0. The number of Topliss-reactive ketones (excluding diaryl/α,β-unsaturated/α-hetero) is 3. The molecule has 0 aromatic heterocycles. The lowest BCUT2D eigenvalue weighted by molar-refractivity contribution is -0.157. The lowest BCUT2D eigenvalue weighted by atomic mass is 9.86. The summed E-state index contributed by atoms with van der Waals surface area (Å²) in [5.41, 5.74) is 0.926. The summed E-state index contributed by atoms with van der Waals surface area (Å²) in [5.74, 6) is -3.17. The van der Waals surface area contributed by atoms with Gasteiger partial charge in [0.2, 0.25) is 23.6 Å². The van der Waals surface area contributed by atoms with Gasteiger partial charge in [0.05, 0.1) is 29.7 Å². The van der Waals surface area contributed by atoms with Crippen LogP contribution in [0.1, 0.15) is 143 Å². The Hall–Kier alpha value is -5.41. The quantitative estimate of drug-likeness (QED) is 0.0711. The van der Waals surface area contributed by atoms with Gasteiger partial charge >= 0.3 is 5.97 Å². The topological polar surface area (TPSA) is 216 Å². The fourth-order valence-electron chi connectivity index (χ4n) is 8.48. The second-order valence-corrected chi connectivity index (χ2v) is 21.8. The van der Waals surface area contributed by atoms with Crippen LogP contribution in [0.25, 0.3) is 0 Å². The van der Waals surface area contributed by atoms with E-state index in [9.17, 15) is 38.4 Å². The van der Waals surface area contributed by atoms with Gasteiger partial charge in [-0.05, 0) is 86.3 Å². The molecule has 1 fully saturated rings. The van der Waals surface area contributed by atoms with E-state index in [-0.39, 0.29) is 97.8 Å². The zero-order chi connectivity index (χ0) is 52.8. The molecule has 0 saturated carbocycles. The van der Waals surface area contributed by atoms with Crippen molar-refractivity contribution in [1.29, 1.82) is 0 Å². The van der Waals surface area contributed by atoms with Crippen LogP contribution in [0.5, 0.6) is 5.75 Å². The number of hydrogen-bond acceptors (Lipinski definition) is 11. The van der Waals surface area contributed by atoms with Crippen molar-refractivity contribution in [2.45, 2.75) is 170 Å². The average Bonchev–Trinajstić information content (AvgIpc) is 4.11. The standard InChI is InChI=1S/C55H77ClN4O11/c1-12-38(61)15-13-16-39(62)29-40(32(2)3)50(65)58-34(5)44(63)25-21-35-19-23-37(24-20-35)49-48(71-49)33(4)45-17-14-18-47(64)59-42(28-36-22-26-46(69-11)41(56)27-36)51(66)57-31-55(9,10)53(68)60-43(52(67)70-45)30-54(6,7)8/h14,18-20,22-24,26-27,32-34,40,42-43,45,48-49H,12-13,15-17,21,25,28-31H2,1-11H3,(H,57,66)(H,58,65)(H,59,64)(H,60,68)/b18-14+/t33-,34-,40-,42+,43-,45-,48+,49+/m0/s1. The molecule has 2 aromatic rings. The Labute approximate surface area is 425 Å². The van der Waals surface area contributed by atoms with E-state index in [1.54, 1.807) is 52.0 Å². The molecule has 2 heterocycles. The van der Waals surface area contributed by atoms with Crippen LogP contribution in [-0.4, -0.2) is 90.9 Å². The van der Waals surface area contributed by atoms with Crippen molar-refractivity contribution in [3.05, 3.63) is 76.3 Å². The highest BCUT2D eigenvalue weighted by Gasteiger charge is 2.48. The molecule has 4 amide bonds. The van der Waals surface area contributed by atoms with Gasteiger partial charge in [-0.1, -0.05) is 96.5 Å². The molecule has 2 aliphatic heterocycles. The normalized spacial score (nSPS) is 22.7. The monoisotopic (exact) mass is 1000 g/mol. The Bertz CT molecular complexity index is 2250. The van der Waals surface area contributed by atoms with Crippen molar-refractivity contribution in [3.63, 3.8) is 0 Å². The highest BCUT2D eigenvalue weighted by molar-refractivity contribution is 6.32. The van der Waals surface area contributed by atoms with Gasteiger partial charge in [-0.15, -0.1) is 0 Å². The van der Waals surface area contributed by atoms with Crippen LogP contribution < -0.4 is 26.0 Å². The van der Waals surface area contributed by atoms with Crippen LogP contribution in [0.4, 0.5) is 0 Å². The van der Waals surface area contributed by atoms with Crippen molar-refractivity contribution in [2.75, 3.05) is 13.7 Å². The van der Waals surface area contributed by atoms with E-state index in [1.807, 2.05) is 65.8 Å². The molecule has 0 unspecified atom stereocenters. The maximum atomic E-state index is 14.1. The molecule has 0 aliphatic carbocycles. The second-order valence-electron chi connectivity index (χ2n) is 21.4. The number of esters is 1. The Morgan fingerprint density at radius 3 is 2.18 bits per heavy atom. The summed E-state index contributed by atoms with van der Waals surface area (Å²) in [4.78, 5) is 106. The van der Waals surface area contributed by atoms with E-state index in [1.165, 1.54) is 13.2 Å². The van der Waals surface area contributed by atoms with Crippen molar-refractivity contribution < 1.29 is 52.6 Å². The number of carbonyl (C=O) groups excluding carboxylic acids is 8. The molecule has 15 nitrogen and oxygen atoms in total. The third kappa shape index (κ3) is 18.3. The van der Waals surface area contributed by atoms with Crippen LogP contribution in [0.15, 0.2) is 54.6 Å². The first-order chi connectivity index (χ1) is 33.3. The summed E-state index contributed by atoms with van der Waals surface area (Å²) in [5, 5.41) is 11.7. The molecular formula is C55H77ClN4O11. The predicted octanol–water partition coefficient (Wildman–Crippen LogP) is 7.47. The highest BCUT2D eigenvalue weighted by Crippen LogP contribution is 2.45. The van der Waals surface area contributed by atoms with Crippen LogP contribution >= 0.6 is 11.6 Å². The predicted molar refractivity (Wildman–Crippen MR) is 271 cm³/mol. The lowest BCUT2D eigenvalue weighted by Gasteiger charge is -2.32. The minimum Gasteiger partial charge on any atom is -0.495 e. The number of benzene rings is 2. The third-order valence-electron chi connectivity index (χ3n) is 13.3. The number of ketones is 3. The minimum absolute atomic E-state index is 0.0614. The average molecular weight is 1010 g/mol. The number of aryl methyl sites for hydroxylation is 1. The van der Waals surface area contributed by atoms with Gasteiger partial charge in [-0.3, -0.25) is 33.6 Å². The number of carbonyl (C=O) groups is 8. The van der Waals surface area contributed by atoms with E-state index in [4.69, 9.17) is 25.8 Å². The van der Waals surface area contributed by atoms with E-state index in [2.05, 4.69) is 21.3 Å². The second kappa shape index (κ2) is 26.3. The summed E-state index contributed by atoms with van der Waals surface area (Å²) in [6.45, 7) is 18.2. The summed E-state index contributed by atoms with van der Waals surface area (Å²) < 4.78 is 17.7. The molecule has 0 radical (unpaired) electrons. The molecule has 16 heteroatoms. The maximum Gasteiger partial charge on any atom is 0.328 e. The van der Waals surface area contributed by atoms with Gasteiger partial charge in [-0.25, -0.2) is 4.79 Å². The molecule has 8 atom stereocenters. The van der Waals surface area contributed by atoms with Gasteiger partial charge in [0, 0.05) is 63.3 Å². The highest BCUT2D eigenvalue weighted by atomic mass is 35.5. The number of methoxy groups -OCH3 is 1. The van der Waals surface area contributed by atoms with Gasteiger partial charge in [0.1, 0.15) is 41.6 Å². The molecule has 71 heavy (non-hydrogen) atoms. The van der Waals surface area contributed by atoms with E-state index >= 15 is 0 Å². The summed E-state index contributed by atoms with van der Waals surface area (Å²) in [6.07, 6.45) is 4.15. The number of epoxide rings is 1. The number of hydrogen-bond donors (Lipinski definition) is 4. The Morgan fingerprint density at radius 1 is 0.901 bits per heavy atom. The molecule has 1 saturated heterocycles. The smallest absolute Gasteiger partial charge is 0.328 e. The van der Waals surface area contributed by atoms with Crippen LogP contribution in [0, 0.1) is 28.6 Å². The Morgan fingerprint density at radius 2 is 1.56 bits per heavy atom. The first-order valence-corrected chi connectivity index (χ1v) is 25.4. The number of nitrogens with one attached hydrogen (secondary N) is 4. The van der Waals surface area contributed by atoms with Crippen LogP contribution in [0.2, 0.25) is 5.02 Å². The Kier molecular flexibility index (Phi) is 21.6. The minimum atomic E-state index is -1.16. The van der Waals surface area contributed by atoms with E-state index in [0.717, 1.165) is 11.1 Å². The van der Waals surface area contributed by atoms with Gasteiger partial charge < -0.3 is 35.5 Å². The number of amides is 4. The van der Waals surface area contributed by atoms with Crippen molar-refractivity contribution in [1.82, 2.24) is 21.3 Å². The number of cyclic esters (lactones) is 1. The van der Waals surface area contributed by atoms with Gasteiger partial charge in [0.25, 0.3) is 0 Å². The van der Waals surface area contributed by atoms with Crippen LogP contribution in [-0.2, 0) is 60.7 Å². The Balaban J connectivity index is 1.44. The van der Waals surface area contributed by atoms with Crippen molar-refractivity contribution in [2.24, 2.45) is 28.6 Å².